The molecule has 0 unspecified atom stereocenters. The van der Waals surface area contributed by atoms with Crippen LogP contribution in [0.2, 0.25) is 5.02 Å². The van der Waals surface area contributed by atoms with Crippen molar-refractivity contribution in [2.45, 2.75) is 20.4 Å². The smallest absolute Gasteiger partial charge is 0.141 e. The van der Waals surface area contributed by atoms with Crippen LogP contribution in [0.4, 0.5) is 4.39 Å². The Balaban J connectivity index is 2.31. The van der Waals surface area contributed by atoms with E-state index in [9.17, 15) is 4.39 Å². The van der Waals surface area contributed by atoms with Crippen molar-refractivity contribution in [3.63, 3.8) is 0 Å². The van der Waals surface area contributed by atoms with Gasteiger partial charge in [-0.3, -0.25) is 0 Å². The first-order valence-corrected chi connectivity index (χ1v) is 6.70. The number of likely N-dealkylation sites (N-methyl/N-ethyl adjacent to an activating group) is 1. The summed E-state index contributed by atoms with van der Waals surface area (Å²) in [6, 6.07) is 4.89. The maximum atomic E-state index is 13.0. The molecule has 0 fully saturated rings. The molecule has 0 bridgehead atoms. The fraction of sp³-hybridized carbons (Fsp3) is 0.571. The molecule has 0 aliphatic rings. The topological polar surface area (TPSA) is 15.3 Å². The van der Waals surface area contributed by atoms with Gasteiger partial charge in [0.15, 0.2) is 0 Å². The summed E-state index contributed by atoms with van der Waals surface area (Å²) < 4.78 is 13.0. The molecule has 0 saturated heterocycles. The van der Waals surface area contributed by atoms with Crippen molar-refractivity contribution in [1.29, 1.82) is 0 Å². The second kappa shape index (κ2) is 7.72. The van der Waals surface area contributed by atoms with E-state index in [1.165, 1.54) is 6.07 Å². The van der Waals surface area contributed by atoms with Crippen LogP contribution in [0.1, 0.15) is 19.4 Å². The highest BCUT2D eigenvalue weighted by Crippen LogP contribution is 2.16. The predicted molar refractivity (Wildman–Crippen MR) is 75.5 cm³/mol. The Bertz CT molecular complexity index is 369. The maximum Gasteiger partial charge on any atom is 0.141 e. The van der Waals surface area contributed by atoms with Crippen LogP contribution in [0.15, 0.2) is 18.2 Å². The van der Waals surface area contributed by atoms with Crippen LogP contribution >= 0.6 is 11.6 Å². The third kappa shape index (κ3) is 5.80. The van der Waals surface area contributed by atoms with Gasteiger partial charge in [-0.1, -0.05) is 31.5 Å². The summed E-state index contributed by atoms with van der Waals surface area (Å²) in [5.41, 5.74) is 1.03. The zero-order valence-corrected chi connectivity index (χ0v) is 12.1. The molecule has 1 N–H and O–H groups in total. The Kier molecular flexibility index (Phi) is 6.61. The number of halogens is 2. The molecule has 1 aromatic rings. The Morgan fingerprint density at radius 3 is 2.72 bits per heavy atom. The van der Waals surface area contributed by atoms with Crippen molar-refractivity contribution in [1.82, 2.24) is 10.2 Å². The van der Waals surface area contributed by atoms with Gasteiger partial charge in [-0.15, -0.1) is 0 Å². The van der Waals surface area contributed by atoms with Crippen LogP contribution in [0.25, 0.3) is 0 Å². The first kappa shape index (κ1) is 15.4. The molecule has 0 spiro atoms. The molecule has 0 heterocycles. The van der Waals surface area contributed by atoms with E-state index in [-0.39, 0.29) is 10.8 Å². The molecular formula is C14H22ClFN2. The van der Waals surface area contributed by atoms with Crippen LogP contribution in [0.5, 0.6) is 0 Å². The number of benzene rings is 1. The molecule has 0 atom stereocenters. The molecule has 0 amide bonds. The third-order valence-electron chi connectivity index (χ3n) is 2.66. The molecule has 1 rings (SSSR count). The Morgan fingerprint density at radius 2 is 2.11 bits per heavy atom. The molecule has 0 aliphatic heterocycles. The Labute approximate surface area is 114 Å². The summed E-state index contributed by atoms with van der Waals surface area (Å²) in [5.74, 6) is 0.313. The van der Waals surface area contributed by atoms with Gasteiger partial charge in [0, 0.05) is 19.6 Å². The predicted octanol–water partition coefficient (Wildman–Crippen LogP) is 3.16. The van der Waals surface area contributed by atoms with Crippen molar-refractivity contribution in [3.05, 3.63) is 34.6 Å². The van der Waals surface area contributed by atoms with E-state index in [1.54, 1.807) is 12.1 Å². The molecule has 18 heavy (non-hydrogen) atoms. The minimum Gasteiger partial charge on any atom is -0.315 e. The zero-order chi connectivity index (χ0) is 13.5. The molecule has 1 aromatic carbocycles. The van der Waals surface area contributed by atoms with Crippen molar-refractivity contribution < 1.29 is 4.39 Å². The third-order valence-corrected chi connectivity index (χ3v) is 2.95. The van der Waals surface area contributed by atoms with Crippen LogP contribution in [-0.2, 0) is 6.54 Å². The van der Waals surface area contributed by atoms with Crippen LogP contribution in [0, 0.1) is 11.7 Å². The van der Waals surface area contributed by atoms with E-state index >= 15 is 0 Å². The van der Waals surface area contributed by atoms with Crippen LogP contribution in [-0.4, -0.2) is 31.6 Å². The van der Waals surface area contributed by atoms with Gasteiger partial charge in [0.25, 0.3) is 0 Å². The van der Waals surface area contributed by atoms with Gasteiger partial charge in [-0.05, 0) is 37.2 Å². The number of nitrogens with zero attached hydrogens (tertiary/aromatic N) is 1. The van der Waals surface area contributed by atoms with Gasteiger partial charge in [0.1, 0.15) is 5.82 Å². The lowest BCUT2D eigenvalue weighted by Crippen LogP contribution is -2.30. The monoisotopic (exact) mass is 272 g/mol. The first-order valence-electron chi connectivity index (χ1n) is 6.32. The average molecular weight is 273 g/mol. The maximum absolute atomic E-state index is 13.0. The number of hydrogen-bond donors (Lipinski definition) is 1. The van der Waals surface area contributed by atoms with Crippen LogP contribution in [0.3, 0.4) is 0 Å². The summed E-state index contributed by atoms with van der Waals surface area (Å²) in [6.07, 6.45) is 0. The summed E-state index contributed by atoms with van der Waals surface area (Å²) in [5, 5.41) is 3.59. The van der Waals surface area contributed by atoms with Crippen molar-refractivity contribution in [2.24, 2.45) is 5.92 Å². The minimum atomic E-state index is -0.360. The fourth-order valence-electron chi connectivity index (χ4n) is 1.69. The van der Waals surface area contributed by atoms with Crippen molar-refractivity contribution in [2.75, 3.05) is 26.7 Å². The number of nitrogens with one attached hydrogen (secondary N) is 1. The second-order valence-corrected chi connectivity index (χ2v) is 5.49. The van der Waals surface area contributed by atoms with Gasteiger partial charge in [0.2, 0.25) is 0 Å². The summed E-state index contributed by atoms with van der Waals surface area (Å²) >= 11 is 5.75. The molecule has 0 radical (unpaired) electrons. The van der Waals surface area contributed by atoms with E-state index in [0.29, 0.717) is 5.92 Å². The van der Waals surface area contributed by atoms with Gasteiger partial charge < -0.3 is 10.2 Å². The lowest BCUT2D eigenvalue weighted by atomic mass is 10.2. The second-order valence-electron chi connectivity index (χ2n) is 5.08. The van der Waals surface area contributed by atoms with E-state index in [1.807, 2.05) is 7.05 Å². The Morgan fingerprint density at radius 1 is 1.39 bits per heavy atom. The van der Waals surface area contributed by atoms with Crippen molar-refractivity contribution >= 4 is 11.6 Å². The molecular weight excluding hydrogens is 251 g/mol. The Hall–Kier alpha value is -0.640. The molecule has 0 saturated carbocycles. The lowest BCUT2D eigenvalue weighted by Gasteiger charge is -2.17. The molecule has 2 nitrogen and oxygen atoms in total. The molecule has 102 valence electrons. The van der Waals surface area contributed by atoms with E-state index < -0.39 is 0 Å². The van der Waals surface area contributed by atoms with E-state index in [2.05, 4.69) is 24.1 Å². The summed E-state index contributed by atoms with van der Waals surface area (Å²) in [4.78, 5) is 2.19. The molecule has 0 aliphatic carbocycles. The van der Waals surface area contributed by atoms with Gasteiger partial charge in [-0.2, -0.15) is 0 Å². The average Bonchev–Trinajstić information content (AvgIpc) is 2.29. The highest BCUT2D eigenvalue weighted by Gasteiger charge is 2.04. The fourth-order valence-corrected chi connectivity index (χ4v) is 1.89. The normalized spacial score (nSPS) is 11.5. The van der Waals surface area contributed by atoms with Gasteiger partial charge in [0.05, 0.1) is 5.02 Å². The summed E-state index contributed by atoms with van der Waals surface area (Å²) in [7, 11) is 2.05. The lowest BCUT2D eigenvalue weighted by molar-refractivity contribution is 0.321. The highest BCUT2D eigenvalue weighted by atomic mass is 35.5. The standard InChI is InChI=1S/C14H22ClFN2/c1-11(2)9-17-6-7-18(3)10-12-4-5-14(16)13(15)8-12/h4-5,8,11,17H,6-7,9-10H2,1-3H3. The van der Waals surface area contributed by atoms with Gasteiger partial charge in [-0.25, -0.2) is 4.39 Å². The van der Waals surface area contributed by atoms with E-state index in [4.69, 9.17) is 11.6 Å². The zero-order valence-electron chi connectivity index (χ0n) is 11.3. The highest BCUT2D eigenvalue weighted by molar-refractivity contribution is 6.30. The largest absolute Gasteiger partial charge is 0.315 e. The SMILES string of the molecule is CC(C)CNCCN(C)Cc1ccc(F)c(Cl)c1. The quantitative estimate of drug-likeness (QED) is 0.767. The summed E-state index contributed by atoms with van der Waals surface area (Å²) in [6.45, 7) is 8.12. The van der Waals surface area contributed by atoms with Crippen LogP contribution < -0.4 is 5.32 Å². The minimum absolute atomic E-state index is 0.193. The van der Waals surface area contributed by atoms with Crippen molar-refractivity contribution in [3.8, 4) is 0 Å². The number of rotatable bonds is 7. The molecule has 4 heteroatoms. The van der Waals surface area contributed by atoms with Gasteiger partial charge >= 0.3 is 0 Å². The van der Waals surface area contributed by atoms with E-state index in [0.717, 1.165) is 31.7 Å². The first-order chi connectivity index (χ1) is 8.49. The number of hydrogen-bond acceptors (Lipinski definition) is 2. The molecule has 0 aromatic heterocycles.